The zero-order valence-electron chi connectivity index (χ0n) is 11.9. The van der Waals surface area contributed by atoms with Crippen LogP contribution in [0.5, 0.6) is 0 Å². The van der Waals surface area contributed by atoms with E-state index in [0.29, 0.717) is 6.54 Å². The first kappa shape index (κ1) is 13.8. The third-order valence-electron chi connectivity index (χ3n) is 4.61. The van der Waals surface area contributed by atoms with Crippen LogP contribution in [0.2, 0.25) is 0 Å². The lowest BCUT2D eigenvalue weighted by Gasteiger charge is -2.37. The number of nitrogens with zero attached hydrogens (tertiary/aromatic N) is 2. The summed E-state index contributed by atoms with van der Waals surface area (Å²) in [4.78, 5) is 15.7. The number of fused-ring (bicyclic) bond motifs is 2. The third-order valence-corrected chi connectivity index (χ3v) is 4.61. The van der Waals surface area contributed by atoms with Crippen LogP contribution in [-0.2, 0) is 9.53 Å². The first-order valence-corrected chi connectivity index (χ1v) is 7.12. The van der Waals surface area contributed by atoms with Gasteiger partial charge in [0.25, 0.3) is 0 Å². The van der Waals surface area contributed by atoms with Crippen LogP contribution >= 0.6 is 0 Å². The van der Waals surface area contributed by atoms with Crippen LogP contribution in [0.1, 0.15) is 39.0 Å². The Balaban J connectivity index is 1.88. The Labute approximate surface area is 110 Å². The number of hydrogen-bond donors (Lipinski definition) is 0. The number of methoxy groups -OCH3 is 1. The van der Waals surface area contributed by atoms with Gasteiger partial charge in [-0.05, 0) is 25.7 Å². The number of likely N-dealkylation sites (N-methyl/N-ethyl adjacent to an activating group) is 1. The molecule has 0 aliphatic carbocycles. The summed E-state index contributed by atoms with van der Waals surface area (Å²) in [7, 11) is 3.60. The Hall–Kier alpha value is -0.610. The molecule has 0 saturated carbocycles. The van der Waals surface area contributed by atoms with E-state index in [1.807, 2.05) is 7.05 Å². The minimum absolute atomic E-state index is 0.110. The van der Waals surface area contributed by atoms with Gasteiger partial charge >= 0.3 is 0 Å². The van der Waals surface area contributed by atoms with Crippen molar-refractivity contribution in [2.45, 2.75) is 57.2 Å². The lowest BCUT2D eigenvalue weighted by atomic mass is 10.0. The molecular formula is C14H26N2O2. The van der Waals surface area contributed by atoms with Crippen molar-refractivity contribution in [3.8, 4) is 0 Å². The quantitative estimate of drug-likeness (QED) is 0.745. The molecule has 104 valence electrons. The highest BCUT2D eigenvalue weighted by Crippen LogP contribution is 2.35. The van der Waals surface area contributed by atoms with Crippen molar-refractivity contribution in [1.29, 1.82) is 0 Å². The molecule has 2 fully saturated rings. The summed E-state index contributed by atoms with van der Waals surface area (Å²) in [5.74, 6) is 0.110. The maximum atomic E-state index is 11.3. The molecule has 2 aliphatic heterocycles. The second kappa shape index (κ2) is 6.02. The third kappa shape index (κ3) is 3.04. The van der Waals surface area contributed by atoms with Gasteiger partial charge in [-0.2, -0.15) is 0 Å². The number of carbonyl (C=O) groups is 1. The predicted molar refractivity (Wildman–Crippen MR) is 71.5 cm³/mol. The van der Waals surface area contributed by atoms with E-state index >= 15 is 0 Å². The van der Waals surface area contributed by atoms with Crippen molar-refractivity contribution in [2.75, 3.05) is 27.2 Å². The smallest absolute Gasteiger partial charge is 0.219 e. The van der Waals surface area contributed by atoms with E-state index in [0.717, 1.165) is 18.6 Å². The van der Waals surface area contributed by atoms with Crippen molar-refractivity contribution in [1.82, 2.24) is 9.80 Å². The van der Waals surface area contributed by atoms with Crippen molar-refractivity contribution in [2.24, 2.45) is 0 Å². The molecular weight excluding hydrogens is 228 g/mol. The SMILES string of the molecule is COC(CN(C)C(C)=O)CN1[C@@H]2CCC[C@H]1CC2. The van der Waals surface area contributed by atoms with Gasteiger partial charge in [0.1, 0.15) is 0 Å². The van der Waals surface area contributed by atoms with Crippen LogP contribution in [0.3, 0.4) is 0 Å². The molecule has 0 radical (unpaired) electrons. The number of hydrogen-bond acceptors (Lipinski definition) is 3. The van der Waals surface area contributed by atoms with Crippen LogP contribution in [0.4, 0.5) is 0 Å². The second-order valence-electron chi connectivity index (χ2n) is 5.77. The molecule has 2 bridgehead atoms. The molecule has 2 aliphatic rings. The fourth-order valence-corrected chi connectivity index (χ4v) is 3.40. The summed E-state index contributed by atoms with van der Waals surface area (Å²) in [6.07, 6.45) is 6.91. The van der Waals surface area contributed by atoms with E-state index in [4.69, 9.17) is 4.74 Å². The minimum Gasteiger partial charge on any atom is -0.378 e. The summed E-state index contributed by atoms with van der Waals surface area (Å²) in [6.45, 7) is 3.28. The van der Waals surface area contributed by atoms with E-state index in [2.05, 4.69) is 4.90 Å². The Morgan fingerprint density at radius 2 is 1.94 bits per heavy atom. The molecule has 0 N–H and O–H groups in total. The molecule has 2 rings (SSSR count). The Morgan fingerprint density at radius 1 is 1.33 bits per heavy atom. The van der Waals surface area contributed by atoms with E-state index in [1.165, 1.54) is 32.1 Å². The Bertz CT molecular complexity index is 280. The zero-order chi connectivity index (χ0) is 13.1. The molecule has 0 aromatic rings. The van der Waals surface area contributed by atoms with Gasteiger partial charge in [-0.15, -0.1) is 0 Å². The van der Waals surface area contributed by atoms with Crippen LogP contribution in [-0.4, -0.2) is 61.1 Å². The highest BCUT2D eigenvalue weighted by Gasteiger charge is 2.37. The standard InChI is InChI=1S/C14H26N2O2/c1-11(17)15(2)9-14(18-3)10-16-12-5-4-6-13(16)8-7-12/h12-14H,4-10H2,1-3H3/t12-,13+,14?. The molecule has 2 heterocycles. The lowest BCUT2D eigenvalue weighted by Crippen LogP contribution is -2.47. The van der Waals surface area contributed by atoms with Gasteiger partial charge in [0.2, 0.25) is 5.91 Å². The van der Waals surface area contributed by atoms with Crippen LogP contribution < -0.4 is 0 Å². The first-order chi connectivity index (χ1) is 8.61. The largest absolute Gasteiger partial charge is 0.378 e. The summed E-state index contributed by atoms with van der Waals surface area (Å²) in [5, 5.41) is 0. The fraction of sp³-hybridized carbons (Fsp3) is 0.929. The van der Waals surface area contributed by atoms with E-state index in [9.17, 15) is 4.79 Å². The number of rotatable bonds is 5. The topological polar surface area (TPSA) is 32.8 Å². The summed E-state index contributed by atoms with van der Waals surface area (Å²) in [6, 6.07) is 1.54. The molecule has 4 nitrogen and oxygen atoms in total. The van der Waals surface area contributed by atoms with Crippen molar-refractivity contribution in [3.05, 3.63) is 0 Å². The minimum atomic E-state index is 0.110. The number of piperidine rings is 1. The number of amides is 1. The van der Waals surface area contributed by atoms with E-state index in [-0.39, 0.29) is 12.0 Å². The lowest BCUT2D eigenvalue weighted by molar-refractivity contribution is -0.129. The van der Waals surface area contributed by atoms with Gasteiger partial charge in [-0.25, -0.2) is 0 Å². The van der Waals surface area contributed by atoms with Gasteiger partial charge in [-0.3, -0.25) is 9.69 Å². The Kier molecular flexibility index (Phi) is 4.62. The molecule has 0 aromatic heterocycles. The maximum Gasteiger partial charge on any atom is 0.219 e. The zero-order valence-corrected chi connectivity index (χ0v) is 11.9. The fourth-order valence-electron chi connectivity index (χ4n) is 3.40. The summed E-state index contributed by atoms with van der Waals surface area (Å²) >= 11 is 0. The predicted octanol–water partition coefficient (Wildman–Crippen LogP) is 1.50. The molecule has 18 heavy (non-hydrogen) atoms. The summed E-state index contributed by atoms with van der Waals surface area (Å²) in [5.41, 5.74) is 0. The van der Waals surface area contributed by atoms with Crippen LogP contribution in [0.25, 0.3) is 0 Å². The highest BCUT2D eigenvalue weighted by molar-refractivity contribution is 5.72. The average molecular weight is 254 g/mol. The van der Waals surface area contributed by atoms with E-state index in [1.54, 1.807) is 18.9 Å². The summed E-state index contributed by atoms with van der Waals surface area (Å²) < 4.78 is 5.56. The first-order valence-electron chi connectivity index (χ1n) is 7.12. The number of ether oxygens (including phenoxy) is 1. The number of carbonyl (C=O) groups excluding carboxylic acids is 1. The van der Waals surface area contributed by atoms with Crippen molar-refractivity contribution >= 4 is 5.91 Å². The van der Waals surface area contributed by atoms with Gasteiger partial charge in [0, 0.05) is 46.3 Å². The molecule has 2 saturated heterocycles. The van der Waals surface area contributed by atoms with E-state index < -0.39 is 0 Å². The molecule has 3 atom stereocenters. The molecule has 0 aromatic carbocycles. The maximum absolute atomic E-state index is 11.3. The van der Waals surface area contributed by atoms with Crippen molar-refractivity contribution < 1.29 is 9.53 Å². The molecule has 1 amide bonds. The van der Waals surface area contributed by atoms with Gasteiger partial charge in [0.15, 0.2) is 0 Å². The second-order valence-corrected chi connectivity index (χ2v) is 5.77. The van der Waals surface area contributed by atoms with Crippen LogP contribution in [0, 0.1) is 0 Å². The molecule has 0 spiro atoms. The average Bonchev–Trinajstić information content (AvgIpc) is 2.59. The van der Waals surface area contributed by atoms with Crippen LogP contribution in [0.15, 0.2) is 0 Å². The monoisotopic (exact) mass is 254 g/mol. The van der Waals surface area contributed by atoms with Crippen molar-refractivity contribution in [3.63, 3.8) is 0 Å². The molecule has 1 unspecified atom stereocenters. The molecule has 4 heteroatoms. The van der Waals surface area contributed by atoms with Gasteiger partial charge in [-0.1, -0.05) is 6.42 Å². The Morgan fingerprint density at radius 3 is 2.44 bits per heavy atom. The van der Waals surface area contributed by atoms with Gasteiger partial charge in [0.05, 0.1) is 6.10 Å². The highest BCUT2D eigenvalue weighted by atomic mass is 16.5. The van der Waals surface area contributed by atoms with Gasteiger partial charge < -0.3 is 9.64 Å². The normalized spacial score (nSPS) is 29.3.